The number of likely N-dealkylation sites (tertiary alicyclic amines) is 1. The maximum Gasteiger partial charge on any atom is 0.240 e. The van der Waals surface area contributed by atoms with Gasteiger partial charge in [0.25, 0.3) is 0 Å². The van der Waals surface area contributed by atoms with Crippen LogP contribution in [0.2, 0.25) is 0 Å². The molecular weight excluding hydrogens is 368 g/mol. The predicted octanol–water partition coefficient (Wildman–Crippen LogP) is 1.91. The smallest absolute Gasteiger partial charge is 0.240 e. The van der Waals surface area contributed by atoms with E-state index in [9.17, 15) is 13.2 Å². The number of benzene rings is 1. The molecule has 2 rings (SSSR count). The van der Waals surface area contributed by atoms with Gasteiger partial charge in [0.1, 0.15) is 0 Å². The van der Waals surface area contributed by atoms with Crippen molar-refractivity contribution in [1.82, 2.24) is 9.62 Å². The number of carbonyl (C=O) groups excluding carboxylic acids is 1. The third-order valence-electron chi connectivity index (χ3n) is 3.97. The van der Waals surface area contributed by atoms with Crippen LogP contribution in [0.25, 0.3) is 0 Å². The fourth-order valence-electron chi connectivity index (χ4n) is 2.50. The highest BCUT2D eigenvalue weighted by atomic mass is 79.9. The van der Waals surface area contributed by atoms with Crippen LogP contribution in [0, 0.1) is 12.8 Å². The number of piperidine rings is 1. The number of rotatable bonds is 5. The molecule has 1 saturated heterocycles. The molecule has 0 spiro atoms. The van der Waals surface area contributed by atoms with Gasteiger partial charge in [0, 0.05) is 19.6 Å². The fraction of sp³-hybridized carbons (Fsp3) is 0.533. The quantitative estimate of drug-likeness (QED) is 0.783. The lowest BCUT2D eigenvalue weighted by molar-refractivity contribution is -0.129. The number of nitrogens with zero attached hydrogens (tertiary/aromatic N) is 1. The molecule has 1 fully saturated rings. The Kier molecular flexibility index (Phi) is 6.00. The second-order valence-corrected chi connectivity index (χ2v) is 7.95. The highest BCUT2D eigenvalue weighted by Gasteiger charge is 2.23. The topological polar surface area (TPSA) is 66.5 Å². The third-order valence-corrected chi connectivity index (χ3v) is 5.89. The average molecular weight is 389 g/mol. The molecule has 0 unspecified atom stereocenters. The Morgan fingerprint density at radius 1 is 1.27 bits per heavy atom. The largest absolute Gasteiger partial charge is 0.342 e. The highest BCUT2D eigenvalue weighted by Crippen LogP contribution is 2.18. The van der Waals surface area contributed by atoms with E-state index in [1.165, 1.54) is 0 Å². The van der Waals surface area contributed by atoms with E-state index < -0.39 is 10.0 Å². The minimum atomic E-state index is -3.45. The van der Waals surface area contributed by atoms with Gasteiger partial charge in [-0.1, -0.05) is 33.6 Å². The molecule has 0 aromatic heterocycles. The highest BCUT2D eigenvalue weighted by molar-refractivity contribution is 9.09. The molecule has 1 N–H and O–H groups in total. The van der Waals surface area contributed by atoms with Crippen molar-refractivity contribution in [3.63, 3.8) is 0 Å². The first-order chi connectivity index (χ1) is 10.4. The normalized spacial score (nSPS) is 16.7. The molecule has 7 heteroatoms. The summed E-state index contributed by atoms with van der Waals surface area (Å²) < 4.78 is 27.1. The van der Waals surface area contributed by atoms with Crippen LogP contribution in [-0.2, 0) is 14.8 Å². The van der Waals surface area contributed by atoms with E-state index in [1.807, 2.05) is 11.8 Å². The zero-order valence-corrected chi connectivity index (χ0v) is 15.0. The third kappa shape index (κ3) is 4.54. The van der Waals surface area contributed by atoms with Crippen molar-refractivity contribution in [2.24, 2.45) is 5.92 Å². The first-order valence-electron chi connectivity index (χ1n) is 7.32. The number of aryl methyl sites for hydroxylation is 1. The van der Waals surface area contributed by atoms with Crippen LogP contribution in [0.5, 0.6) is 0 Å². The first kappa shape index (κ1) is 17.4. The minimum Gasteiger partial charge on any atom is -0.342 e. The van der Waals surface area contributed by atoms with E-state index in [0.29, 0.717) is 29.9 Å². The summed E-state index contributed by atoms with van der Waals surface area (Å²) in [7, 11) is -3.45. The number of alkyl halides is 1. The van der Waals surface area contributed by atoms with Crippen molar-refractivity contribution in [1.29, 1.82) is 0 Å². The number of hydrogen-bond acceptors (Lipinski definition) is 3. The number of hydrogen-bond donors (Lipinski definition) is 1. The van der Waals surface area contributed by atoms with Crippen LogP contribution in [0.3, 0.4) is 0 Å². The van der Waals surface area contributed by atoms with E-state index in [2.05, 4.69) is 20.7 Å². The van der Waals surface area contributed by atoms with Gasteiger partial charge in [-0.15, -0.1) is 0 Å². The van der Waals surface area contributed by atoms with Crippen molar-refractivity contribution in [3.05, 3.63) is 29.8 Å². The molecule has 1 aliphatic rings. The summed E-state index contributed by atoms with van der Waals surface area (Å²) in [5, 5.41) is 0.345. The summed E-state index contributed by atoms with van der Waals surface area (Å²) >= 11 is 3.17. The van der Waals surface area contributed by atoms with Gasteiger partial charge in [-0.25, -0.2) is 13.1 Å². The number of carbonyl (C=O) groups is 1. The van der Waals surface area contributed by atoms with Crippen LogP contribution in [-0.4, -0.2) is 44.2 Å². The van der Waals surface area contributed by atoms with Crippen LogP contribution in [0.15, 0.2) is 29.2 Å². The van der Waals surface area contributed by atoms with Crippen molar-refractivity contribution >= 4 is 31.9 Å². The SMILES string of the molecule is Cc1ccc(S(=O)(=O)NCC2CCN(C(=O)CBr)CC2)cc1. The second-order valence-electron chi connectivity index (χ2n) is 5.62. The zero-order chi connectivity index (χ0) is 16.2. The van der Waals surface area contributed by atoms with Crippen molar-refractivity contribution in [3.8, 4) is 0 Å². The van der Waals surface area contributed by atoms with E-state index in [4.69, 9.17) is 0 Å². The lowest BCUT2D eigenvalue weighted by Gasteiger charge is -2.31. The Labute approximate surface area is 140 Å². The standard InChI is InChI=1S/C15H21BrN2O3S/c1-12-2-4-14(5-3-12)22(20,21)17-11-13-6-8-18(9-7-13)15(19)10-16/h2-5,13,17H,6-11H2,1H3. The lowest BCUT2D eigenvalue weighted by atomic mass is 9.97. The van der Waals surface area contributed by atoms with Crippen molar-refractivity contribution in [2.45, 2.75) is 24.7 Å². The minimum absolute atomic E-state index is 0.0960. The molecule has 0 bridgehead atoms. The maximum atomic E-state index is 12.2. The molecule has 1 aromatic rings. The summed E-state index contributed by atoms with van der Waals surface area (Å²) in [4.78, 5) is 13.7. The Morgan fingerprint density at radius 2 is 1.86 bits per heavy atom. The van der Waals surface area contributed by atoms with Crippen LogP contribution < -0.4 is 4.72 Å². The Bertz CT molecular complexity index is 608. The van der Waals surface area contributed by atoms with Gasteiger partial charge >= 0.3 is 0 Å². The van der Waals surface area contributed by atoms with E-state index in [1.54, 1.807) is 24.3 Å². The number of halogens is 1. The van der Waals surface area contributed by atoms with Crippen molar-refractivity contribution < 1.29 is 13.2 Å². The molecule has 5 nitrogen and oxygen atoms in total. The van der Waals surface area contributed by atoms with Crippen LogP contribution in [0.1, 0.15) is 18.4 Å². The molecule has 0 radical (unpaired) electrons. The number of sulfonamides is 1. The molecule has 1 aromatic carbocycles. The van der Waals surface area contributed by atoms with Crippen LogP contribution >= 0.6 is 15.9 Å². The zero-order valence-electron chi connectivity index (χ0n) is 12.6. The van der Waals surface area contributed by atoms with Gasteiger partial charge in [0.05, 0.1) is 10.2 Å². The molecule has 22 heavy (non-hydrogen) atoms. The van der Waals surface area contributed by atoms with E-state index in [-0.39, 0.29) is 11.8 Å². The van der Waals surface area contributed by atoms with Crippen LogP contribution in [0.4, 0.5) is 0 Å². The Hall–Kier alpha value is -0.920. The molecule has 1 aliphatic heterocycles. The summed E-state index contributed by atoms with van der Waals surface area (Å²) in [6.07, 6.45) is 1.66. The average Bonchev–Trinajstić information content (AvgIpc) is 2.53. The predicted molar refractivity (Wildman–Crippen MR) is 89.5 cm³/mol. The van der Waals surface area contributed by atoms with Crippen molar-refractivity contribution in [2.75, 3.05) is 25.0 Å². The monoisotopic (exact) mass is 388 g/mol. The fourth-order valence-corrected chi connectivity index (χ4v) is 3.97. The summed E-state index contributed by atoms with van der Waals surface area (Å²) in [5.41, 5.74) is 1.03. The molecule has 122 valence electrons. The molecular formula is C15H21BrN2O3S. The van der Waals surface area contributed by atoms with Gasteiger partial charge in [-0.3, -0.25) is 4.79 Å². The molecule has 0 atom stereocenters. The molecule has 1 heterocycles. The van der Waals surface area contributed by atoms with Gasteiger partial charge in [-0.2, -0.15) is 0 Å². The molecule has 1 amide bonds. The maximum absolute atomic E-state index is 12.2. The van der Waals surface area contributed by atoms with E-state index >= 15 is 0 Å². The van der Waals surface area contributed by atoms with Gasteiger partial charge in [-0.05, 0) is 37.8 Å². The number of nitrogens with one attached hydrogen (secondary N) is 1. The summed E-state index contributed by atoms with van der Waals surface area (Å²) in [6.45, 7) is 3.74. The summed E-state index contributed by atoms with van der Waals surface area (Å²) in [5.74, 6) is 0.373. The van der Waals surface area contributed by atoms with Gasteiger partial charge < -0.3 is 4.90 Å². The first-order valence-corrected chi connectivity index (χ1v) is 9.93. The molecule has 0 saturated carbocycles. The summed E-state index contributed by atoms with van der Waals surface area (Å²) in [6, 6.07) is 6.82. The second kappa shape index (κ2) is 7.57. The Balaban J connectivity index is 1.86. The van der Waals surface area contributed by atoms with Gasteiger partial charge in [0.15, 0.2) is 0 Å². The van der Waals surface area contributed by atoms with E-state index in [0.717, 1.165) is 18.4 Å². The lowest BCUT2D eigenvalue weighted by Crippen LogP contribution is -2.42. The number of amides is 1. The molecule has 0 aliphatic carbocycles. The van der Waals surface area contributed by atoms with Gasteiger partial charge in [0.2, 0.25) is 15.9 Å². The Morgan fingerprint density at radius 3 is 2.41 bits per heavy atom.